The van der Waals surface area contributed by atoms with E-state index in [0.29, 0.717) is 12.8 Å². The minimum Gasteiger partial charge on any atom is -0.454 e. The van der Waals surface area contributed by atoms with Crippen LogP contribution in [0.1, 0.15) is 46.8 Å². The molecule has 5 nitrogen and oxygen atoms in total. The first-order chi connectivity index (χ1) is 13.7. The van der Waals surface area contributed by atoms with Gasteiger partial charge in [-0.2, -0.15) is 5.10 Å². The van der Waals surface area contributed by atoms with Crippen molar-refractivity contribution in [1.82, 2.24) is 15.1 Å². The summed E-state index contributed by atoms with van der Waals surface area (Å²) in [5.41, 5.74) is 7.54. The van der Waals surface area contributed by atoms with Crippen molar-refractivity contribution in [2.24, 2.45) is 0 Å². The molecule has 1 aliphatic heterocycles. The quantitative estimate of drug-likeness (QED) is 0.735. The van der Waals surface area contributed by atoms with Gasteiger partial charge in [0.1, 0.15) is 0 Å². The van der Waals surface area contributed by atoms with Crippen molar-refractivity contribution in [3.05, 3.63) is 70.5 Å². The van der Waals surface area contributed by atoms with Gasteiger partial charge in [-0.05, 0) is 62.4 Å². The van der Waals surface area contributed by atoms with Gasteiger partial charge in [0.25, 0.3) is 0 Å². The van der Waals surface area contributed by atoms with Crippen LogP contribution in [0.25, 0.3) is 5.69 Å². The molecule has 144 valence electrons. The molecule has 1 aliphatic carbocycles. The Morgan fingerprint density at radius 2 is 2.07 bits per heavy atom. The smallest absolute Gasteiger partial charge is 0.231 e. The van der Waals surface area contributed by atoms with Gasteiger partial charge in [0.15, 0.2) is 11.5 Å². The molecule has 0 radical (unpaired) electrons. The number of nitrogens with zero attached hydrogens (tertiary/aromatic N) is 2. The third kappa shape index (κ3) is 2.96. The monoisotopic (exact) mass is 375 g/mol. The van der Waals surface area contributed by atoms with Crippen LogP contribution in [-0.2, 0) is 13.0 Å². The third-order valence-electron chi connectivity index (χ3n) is 5.94. The summed E-state index contributed by atoms with van der Waals surface area (Å²) < 4.78 is 13.3. The number of ether oxygens (including phenoxy) is 2. The number of rotatable bonds is 4. The molecule has 0 saturated carbocycles. The van der Waals surface area contributed by atoms with Crippen LogP contribution in [0.2, 0.25) is 0 Å². The molecule has 5 heteroatoms. The Morgan fingerprint density at radius 1 is 1.14 bits per heavy atom. The molecule has 0 bridgehead atoms. The first-order valence-corrected chi connectivity index (χ1v) is 9.96. The summed E-state index contributed by atoms with van der Waals surface area (Å²) in [7, 11) is 0. The minimum atomic E-state index is 0.308. The van der Waals surface area contributed by atoms with E-state index in [1.807, 2.05) is 18.3 Å². The largest absolute Gasteiger partial charge is 0.454 e. The van der Waals surface area contributed by atoms with Crippen molar-refractivity contribution < 1.29 is 9.47 Å². The van der Waals surface area contributed by atoms with Gasteiger partial charge in [-0.1, -0.05) is 18.2 Å². The number of hydrogen-bond acceptors (Lipinski definition) is 4. The van der Waals surface area contributed by atoms with Crippen molar-refractivity contribution >= 4 is 0 Å². The predicted octanol–water partition coefficient (Wildman–Crippen LogP) is 4.39. The van der Waals surface area contributed by atoms with E-state index in [4.69, 9.17) is 14.6 Å². The first-order valence-electron chi connectivity index (χ1n) is 9.96. The Balaban J connectivity index is 1.39. The highest BCUT2D eigenvalue weighted by Crippen LogP contribution is 2.36. The first kappa shape index (κ1) is 17.3. The zero-order valence-corrected chi connectivity index (χ0v) is 16.4. The molecule has 3 aromatic rings. The Morgan fingerprint density at radius 3 is 2.96 bits per heavy atom. The Bertz CT molecular complexity index is 1020. The molecular formula is C23H25N3O2. The van der Waals surface area contributed by atoms with E-state index < -0.39 is 0 Å². The standard InChI is InChI=1S/C23H25N3O2/c1-15-9-10-18(11-16(15)2)26-21-7-4-6-20(19(21)13-25-26)24-12-17-5-3-8-22-23(17)28-14-27-22/h3,5,8-11,13,20,24H,4,6-7,12,14H2,1-2H3/t20-/m0/s1. The molecule has 1 aromatic heterocycles. The van der Waals surface area contributed by atoms with Crippen molar-refractivity contribution in [3.8, 4) is 17.2 Å². The van der Waals surface area contributed by atoms with Crippen molar-refractivity contribution in [3.63, 3.8) is 0 Å². The average molecular weight is 375 g/mol. The third-order valence-corrected chi connectivity index (χ3v) is 5.94. The van der Waals surface area contributed by atoms with E-state index in [-0.39, 0.29) is 0 Å². The number of nitrogens with one attached hydrogen (secondary N) is 1. The van der Waals surface area contributed by atoms with Gasteiger partial charge in [-0.15, -0.1) is 0 Å². The van der Waals surface area contributed by atoms with Crippen LogP contribution in [-0.4, -0.2) is 16.6 Å². The number of hydrogen-bond donors (Lipinski definition) is 1. The number of aryl methyl sites for hydroxylation is 2. The van der Waals surface area contributed by atoms with Gasteiger partial charge in [0.2, 0.25) is 6.79 Å². The van der Waals surface area contributed by atoms with E-state index in [0.717, 1.165) is 48.6 Å². The topological polar surface area (TPSA) is 48.3 Å². The molecule has 0 spiro atoms. The van der Waals surface area contributed by atoms with Crippen LogP contribution in [0, 0.1) is 13.8 Å². The van der Waals surface area contributed by atoms with Gasteiger partial charge in [0, 0.05) is 29.4 Å². The van der Waals surface area contributed by atoms with E-state index in [9.17, 15) is 0 Å². The summed E-state index contributed by atoms with van der Waals surface area (Å²) in [5, 5.41) is 8.45. The summed E-state index contributed by atoms with van der Waals surface area (Å²) in [6.45, 7) is 5.37. The maximum absolute atomic E-state index is 5.64. The van der Waals surface area contributed by atoms with Crippen LogP contribution in [0.5, 0.6) is 11.5 Å². The fraction of sp³-hybridized carbons (Fsp3) is 0.348. The van der Waals surface area contributed by atoms with E-state index in [1.54, 1.807) is 0 Å². The molecule has 2 heterocycles. The average Bonchev–Trinajstić information content (AvgIpc) is 3.36. The van der Waals surface area contributed by atoms with Gasteiger partial charge < -0.3 is 14.8 Å². The molecule has 1 N–H and O–H groups in total. The maximum atomic E-state index is 5.64. The zero-order valence-electron chi connectivity index (χ0n) is 16.4. The molecule has 1 atom stereocenters. The second-order valence-electron chi connectivity index (χ2n) is 7.70. The van der Waals surface area contributed by atoms with Crippen LogP contribution in [0.4, 0.5) is 0 Å². The molecule has 0 amide bonds. The summed E-state index contributed by atoms with van der Waals surface area (Å²) in [6, 6.07) is 13.0. The number of para-hydroxylation sites is 1. The lowest BCUT2D eigenvalue weighted by Gasteiger charge is -2.24. The molecule has 0 unspecified atom stereocenters. The summed E-state index contributed by atoms with van der Waals surface area (Å²) in [4.78, 5) is 0. The zero-order chi connectivity index (χ0) is 19.1. The second-order valence-corrected chi connectivity index (χ2v) is 7.70. The lowest BCUT2D eigenvalue weighted by molar-refractivity contribution is 0.173. The predicted molar refractivity (Wildman–Crippen MR) is 108 cm³/mol. The van der Waals surface area contributed by atoms with Crippen molar-refractivity contribution in [1.29, 1.82) is 0 Å². The van der Waals surface area contributed by atoms with Crippen LogP contribution in [0.15, 0.2) is 42.6 Å². The lowest BCUT2D eigenvalue weighted by Crippen LogP contribution is -2.25. The summed E-state index contributed by atoms with van der Waals surface area (Å²) in [6.07, 6.45) is 5.39. The van der Waals surface area contributed by atoms with E-state index in [2.05, 4.69) is 48.1 Å². The summed E-state index contributed by atoms with van der Waals surface area (Å²) >= 11 is 0. The SMILES string of the molecule is Cc1ccc(-n2ncc3c2CCC[C@@H]3NCc2cccc3c2OCO3)cc1C. The highest BCUT2D eigenvalue weighted by Gasteiger charge is 2.25. The maximum Gasteiger partial charge on any atom is 0.231 e. The van der Waals surface area contributed by atoms with Crippen LogP contribution >= 0.6 is 0 Å². The fourth-order valence-electron chi connectivity index (χ4n) is 4.21. The molecule has 0 saturated heterocycles. The molecule has 28 heavy (non-hydrogen) atoms. The van der Waals surface area contributed by atoms with Crippen LogP contribution < -0.4 is 14.8 Å². The minimum absolute atomic E-state index is 0.308. The molecule has 2 aliphatic rings. The molecule has 5 rings (SSSR count). The van der Waals surface area contributed by atoms with E-state index in [1.165, 1.54) is 22.4 Å². The normalized spacial score (nSPS) is 17.6. The second kappa shape index (κ2) is 6.99. The van der Waals surface area contributed by atoms with Gasteiger partial charge in [0.05, 0.1) is 11.9 Å². The highest BCUT2D eigenvalue weighted by atomic mass is 16.7. The van der Waals surface area contributed by atoms with Gasteiger partial charge in [-0.3, -0.25) is 0 Å². The number of aromatic nitrogens is 2. The number of fused-ring (bicyclic) bond motifs is 2. The Kier molecular flexibility index (Phi) is 4.32. The molecular weight excluding hydrogens is 350 g/mol. The van der Waals surface area contributed by atoms with E-state index >= 15 is 0 Å². The lowest BCUT2D eigenvalue weighted by atomic mass is 9.92. The molecule has 2 aromatic carbocycles. The molecule has 0 fully saturated rings. The van der Waals surface area contributed by atoms with Gasteiger partial charge in [-0.25, -0.2) is 4.68 Å². The van der Waals surface area contributed by atoms with Crippen LogP contribution in [0.3, 0.4) is 0 Å². The van der Waals surface area contributed by atoms with Crippen molar-refractivity contribution in [2.75, 3.05) is 6.79 Å². The van der Waals surface area contributed by atoms with Crippen molar-refractivity contribution in [2.45, 2.75) is 45.7 Å². The Hall–Kier alpha value is -2.79. The summed E-state index contributed by atoms with van der Waals surface area (Å²) in [5.74, 6) is 1.71. The Labute approximate surface area is 165 Å². The highest BCUT2D eigenvalue weighted by molar-refractivity contribution is 5.48. The van der Waals surface area contributed by atoms with Gasteiger partial charge >= 0.3 is 0 Å². The fourth-order valence-corrected chi connectivity index (χ4v) is 4.21. The number of benzene rings is 2.